The van der Waals surface area contributed by atoms with Crippen molar-refractivity contribution in [2.75, 3.05) is 26.2 Å². The molecule has 2 atom stereocenters. The van der Waals surface area contributed by atoms with Crippen LogP contribution in [-0.4, -0.2) is 43.0 Å². The number of nitrogens with two attached hydrogens (primary N) is 1. The predicted octanol–water partition coefficient (Wildman–Crippen LogP) is 1.35. The Morgan fingerprint density at radius 3 is 2.44 bits per heavy atom. The van der Waals surface area contributed by atoms with Crippen LogP contribution in [0.15, 0.2) is 0 Å². The molecule has 1 amide bonds. The zero-order chi connectivity index (χ0) is 13.4. The summed E-state index contributed by atoms with van der Waals surface area (Å²) in [5.74, 6) is 0.252. The number of carbonyl (C=O) groups excluding carboxylic acids is 1. The van der Waals surface area contributed by atoms with E-state index < -0.39 is 0 Å². The van der Waals surface area contributed by atoms with Crippen LogP contribution in [-0.2, 0) is 4.79 Å². The van der Waals surface area contributed by atoms with Crippen LogP contribution in [0, 0.1) is 5.92 Å². The Morgan fingerprint density at radius 1 is 1.28 bits per heavy atom. The number of amides is 1. The number of rotatable bonds is 6. The highest BCUT2D eigenvalue weighted by atomic mass is 16.2. The van der Waals surface area contributed by atoms with Gasteiger partial charge < -0.3 is 16.0 Å². The molecule has 0 aromatic heterocycles. The second-order valence-electron chi connectivity index (χ2n) is 5.46. The van der Waals surface area contributed by atoms with Crippen LogP contribution in [0.3, 0.4) is 0 Å². The van der Waals surface area contributed by atoms with E-state index in [4.69, 9.17) is 5.73 Å². The lowest BCUT2D eigenvalue weighted by atomic mass is 9.99. The van der Waals surface area contributed by atoms with E-state index >= 15 is 0 Å². The quantitative estimate of drug-likeness (QED) is 0.753. The van der Waals surface area contributed by atoms with Gasteiger partial charge in [0.05, 0.1) is 6.04 Å². The van der Waals surface area contributed by atoms with E-state index in [1.807, 2.05) is 6.92 Å². The number of hydrogen-bond acceptors (Lipinski definition) is 3. The highest BCUT2D eigenvalue weighted by Crippen LogP contribution is 2.09. The topological polar surface area (TPSA) is 58.4 Å². The van der Waals surface area contributed by atoms with Gasteiger partial charge in [0.2, 0.25) is 5.91 Å². The monoisotopic (exact) mass is 255 g/mol. The highest BCUT2D eigenvalue weighted by molar-refractivity contribution is 5.81. The van der Waals surface area contributed by atoms with Gasteiger partial charge in [-0.2, -0.15) is 0 Å². The van der Waals surface area contributed by atoms with E-state index in [0.717, 1.165) is 19.5 Å². The molecule has 0 bridgehead atoms. The fraction of sp³-hybridized carbons (Fsp3) is 0.929. The molecule has 0 aromatic carbocycles. The van der Waals surface area contributed by atoms with Gasteiger partial charge in [0.15, 0.2) is 0 Å². The molecule has 1 heterocycles. The van der Waals surface area contributed by atoms with Crippen molar-refractivity contribution in [1.29, 1.82) is 0 Å². The van der Waals surface area contributed by atoms with Gasteiger partial charge in [0, 0.05) is 13.1 Å². The van der Waals surface area contributed by atoms with Gasteiger partial charge in [0.1, 0.15) is 0 Å². The minimum atomic E-state index is -0.362. The predicted molar refractivity (Wildman–Crippen MR) is 75.3 cm³/mol. The fourth-order valence-corrected chi connectivity index (χ4v) is 2.33. The Balaban J connectivity index is 2.18. The van der Waals surface area contributed by atoms with Crippen LogP contribution in [0.1, 0.15) is 46.0 Å². The van der Waals surface area contributed by atoms with Gasteiger partial charge >= 0.3 is 0 Å². The number of nitrogens with zero attached hydrogens (tertiary/aromatic N) is 1. The minimum absolute atomic E-state index is 0.000767. The molecule has 1 aliphatic rings. The van der Waals surface area contributed by atoms with E-state index in [1.54, 1.807) is 0 Å². The molecular formula is C14H29N3O. The van der Waals surface area contributed by atoms with Crippen LogP contribution >= 0.6 is 0 Å². The Labute approximate surface area is 111 Å². The molecule has 106 valence electrons. The summed E-state index contributed by atoms with van der Waals surface area (Å²) in [7, 11) is 0. The van der Waals surface area contributed by atoms with Crippen molar-refractivity contribution in [2.45, 2.75) is 52.0 Å². The first kappa shape index (κ1) is 15.4. The SMILES string of the molecule is CC[C@H](C)[C@H](N)C(=O)NCCN1CCCCCC1. The number of carbonyl (C=O) groups is 1. The Kier molecular flexibility index (Phi) is 7.28. The molecule has 0 aliphatic carbocycles. The summed E-state index contributed by atoms with van der Waals surface area (Å²) in [4.78, 5) is 14.2. The number of likely N-dealkylation sites (tertiary alicyclic amines) is 1. The van der Waals surface area contributed by atoms with Crippen molar-refractivity contribution < 1.29 is 4.79 Å². The standard InChI is InChI=1S/C14H29N3O/c1-3-12(2)13(15)14(18)16-8-11-17-9-6-4-5-7-10-17/h12-13H,3-11,15H2,1-2H3,(H,16,18)/t12-,13-/m0/s1. The van der Waals surface area contributed by atoms with E-state index in [-0.39, 0.29) is 17.9 Å². The van der Waals surface area contributed by atoms with Crippen molar-refractivity contribution >= 4 is 5.91 Å². The van der Waals surface area contributed by atoms with Crippen LogP contribution < -0.4 is 11.1 Å². The summed E-state index contributed by atoms with van der Waals surface area (Å²) < 4.78 is 0. The average molecular weight is 255 g/mol. The van der Waals surface area contributed by atoms with Crippen molar-refractivity contribution in [1.82, 2.24) is 10.2 Å². The Hall–Kier alpha value is -0.610. The average Bonchev–Trinajstić information content (AvgIpc) is 2.65. The van der Waals surface area contributed by atoms with Crippen LogP contribution in [0.4, 0.5) is 0 Å². The minimum Gasteiger partial charge on any atom is -0.353 e. The maximum absolute atomic E-state index is 11.8. The lowest BCUT2D eigenvalue weighted by Crippen LogP contribution is -2.46. The molecule has 4 nitrogen and oxygen atoms in total. The second-order valence-corrected chi connectivity index (χ2v) is 5.46. The molecule has 1 rings (SSSR count). The summed E-state index contributed by atoms with van der Waals surface area (Å²) in [6.07, 6.45) is 6.23. The molecule has 3 N–H and O–H groups in total. The normalized spacial score (nSPS) is 21.1. The molecule has 0 saturated carbocycles. The number of hydrogen-bond donors (Lipinski definition) is 2. The second kappa shape index (κ2) is 8.48. The van der Waals surface area contributed by atoms with Gasteiger partial charge in [-0.3, -0.25) is 4.79 Å². The van der Waals surface area contributed by atoms with Gasteiger partial charge in [-0.25, -0.2) is 0 Å². The van der Waals surface area contributed by atoms with Gasteiger partial charge in [-0.05, 0) is 31.8 Å². The molecule has 4 heteroatoms. The Morgan fingerprint density at radius 2 is 1.89 bits per heavy atom. The van der Waals surface area contributed by atoms with Crippen molar-refractivity contribution in [2.24, 2.45) is 11.7 Å². The van der Waals surface area contributed by atoms with E-state index in [2.05, 4.69) is 17.1 Å². The molecule has 0 aromatic rings. The van der Waals surface area contributed by atoms with E-state index in [0.29, 0.717) is 0 Å². The van der Waals surface area contributed by atoms with Crippen LogP contribution in [0.5, 0.6) is 0 Å². The lowest BCUT2D eigenvalue weighted by molar-refractivity contribution is -0.123. The molecule has 0 unspecified atom stereocenters. The van der Waals surface area contributed by atoms with Crippen molar-refractivity contribution in [3.8, 4) is 0 Å². The van der Waals surface area contributed by atoms with Crippen molar-refractivity contribution in [3.63, 3.8) is 0 Å². The molecule has 1 fully saturated rings. The maximum atomic E-state index is 11.8. The molecule has 0 spiro atoms. The van der Waals surface area contributed by atoms with E-state index in [1.165, 1.54) is 38.8 Å². The smallest absolute Gasteiger partial charge is 0.237 e. The van der Waals surface area contributed by atoms with Gasteiger partial charge in [-0.1, -0.05) is 33.1 Å². The highest BCUT2D eigenvalue weighted by Gasteiger charge is 2.19. The summed E-state index contributed by atoms with van der Waals surface area (Å²) in [5.41, 5.74) is 5.89. The summed E-state index contributed by atoms with van der Waals surface area (Å²) >= 11 is 0. The molecule has 0 radical (unpaired) electrons. The van der Waals surface area contributed by atoms with Gasteiger partial charge in [-0.15, -0.1) is 0 Å². The van der Waals surface area contributed by atoms with Crippen LogP contribution in [0.2, 0.25) is 0 Å². The zero-order valence-electron chi connectivity index (χ0n) is 12.0. The third kappa shape index (κ3) is 5.36. The van der Waals surface area contributed by atoms with E-state index in [9.17, 15) is 4.79 Å². The molecular weight excluding hydrogens is 226 g/mol. The zero-order valence-corrected chi connectivity index (χ0v) is 12.0. The molecule has 1 aliphatic heterocycles. The lowest BCUT2D eigenvalue weighted by Gasteiger charge is -2.21. The molecule has 1 saturated heterocycles. The first-order valence-electron chi connectivity index (χ1n) is 7.40. The van der Waals surface area contributed by atoms with Crippen LogP contribution in [0.25, 0.3) is 0 Å². The summed E-state index contributed by atoms with van der Waals surface area (Å²) in [5, 5.41) is 2.96. The summed E-state index contributed by atoms with van der Waals surface area (Å²) in [6.45, 7) is 8.12. The summed E-state index contributed by atoms with van der Waals surface area (Å²) in [6, 6.07) is -0.362. The third-order valence-electron chi connectivity index (χ3n) is 3.99. The van der Waals surface area contributed by atoms with Gasteiger partial charge in [0.25, 0.3) is 0 Å². The first-order chi connectivity index (χ1) is 8.65. The van der Waals surface area contributed by atoms with Crippen molar-refractivity contribution in [3.05, 3.63) is 0 Å². The number of nitrogens with one attached hydrogen (secondary N) is 1. The largest absolute Gasteiger partial charge is 0.353 e. The molecule has 18 heavy (non-hydrogen) atoms. The third-order valence-corrected chi connectivity index (χ3v) is 3.99. The first-order valence-corrected chi connectivity index (χ1v) is 7.40. The fourth-order valence-electron chi connectivity index (χ4n) is 2.33. The Bertz CT molecular complexity index is 237. The maximum Gasteiger partial charge on any atom is 0.237 e.